The van der Waals surface area contributed by atoms with E-state index in [0.717, 1.165) is 28.9 Å². The van der Waals surface area contributed by atoms with Crippen LogP contribution in [0.2, 0.25) is 0 Å². The number of fused-ring (bicyclic) bond motifs is 2. The van der Waals surface area contributed by atoms with Gasteiger partial charge in [0.25, 0.3) is 0 Å². The zero-order chi connectivity index (χ0) is 22.1. The molecule has 3 rings (SSSR count). The quantitative estimate of drug-likeness (QED) is 0.199. The average molecular weight is 416 g/mol. The Morgan fingerprint density at radius 2 is 2.03 bits per heavy atom. The standard InChI is InChI=1S/C24H37N3O3/c1-6-7-8-9-15(2)16(3)17-12-20(28)22-18-14-27(23(25)26-29)11-10-19(18)24(4,5)30-21(22)13-17/h12-13,15-16,28-29H,6-11,14H2,1-5H3,(H2,25,26). The summed E-state index contributed by atoms with van der Waals surface area (Å²) in [5, 5.41) is 23.3. The molecule has 2 heterocycles. The van der Waals surface area contributed by atoms with Crippen molar-refractivity contribution in [2.24, 2.45) is 16.8 Å². The molecule has 0 spiro atoms. The van der Waals surface area contributed by atoms with E-state index in [2.05, 4.69) is 45.8 Å². The maximum Gasteiger partial charge on any atom is 0.233 e. The van der Waals surface area contributed by atoms with Crippen molar-refractivity contribution in [2.75, 3.05) is 13.1 Å². The highest BCUT2D eigenvalue weighted by Crippen LogP contribution is 2.49. The average Bonchev–Trinajstić information content (AvgIpc) is 2.71. The molecule has 0 fully saturated rings. The fraction of sp³-hybridized carbons (Fsp3) is 0.625. The SMILES string of the molecule is CCCCCC(C)C(C)c1cc(O)c2c(c1)OC(C)(C)C1=C2CN(C(N)=NO)CC1. The monoisotopic (exact) mass is 415 g/mol. The van der Waals surface area contributed by atoms with Gasteiger partial charge in [0.2, 0.25) is 5.96 Å². The molecule has 166 valence electrons. The van der Waals surface area contributed by atoms with E-state index in [1.54, 1.807) is 0 Å². The van der Waals surface area contributed by atoms with E-state index in [0.29, 0.717) is 24.9 Å². The summed E-state index contributed by atoms with van der Waals surface area (Å²) < 4.78 is 6.41. The molecule has 2 atom stereocenters. The molecule has 2 unspecified atom stereocenters. The second kappa shape index (κ2) is 8.78. The molecule has 2 aliphatic rings. The molecule has 1 aromatic carbocycles. The Kier molecular flexibility index (Phi) is 6.53. The van der Waals surface area contributed by atoms with Crippen molar-refractivity contribution in [3.8, 4) is 11.5 Å². The highest BCUT2D eigenvalue weighted by atomic mass is 16.5. The third-order valence-electron chi connectivity index (χ3n) is 6.91. The lowest BCUT2D eigenvalue weighted by atomic mass is 9.79. The molecular weight excluding hydrogens is 378 g/mol. The number of hydrogen-bond acceptors (Lipinski definition) is 4. The van der Waals surface area contributed by atoms with E-state index in [1.165, 1.54) is 31.3 Å². The van der Waals surface area contributed by atoms with Crippen LogP contribution in [0.4, 0.5) is 0 Å². The fourth-order valence-corrected chi connectivity index (χ4v) is 4.82. The van der Waals surface area contributed by atoms with Crippen LogP contribution in [0.3, 0.4) is 0 Å². The minimum Gasteiger partial charge on any atom is -0.507 e. The second-order valence-corrected chi connectivity index (χ2v) is 9.37. The summed E-state index contributed by atoms with van der Waals surface area (Å²) in [5.41, 5.74) is 9.44. The van der Waals surface area contributed by atoms with Gasteiger partial charge in [-0.25, -0.2) is 0 Å². The van der Waals surface area contributed by atoms with Crippen molar-refractivity contribution >= 4 is 11.5 Å². The molecule has 6 heteroatoms. The number of aromatic hydroxyl groups is 1. The van der Waals surface area contributed by atoms with Gasteiger partial charge in [0, 0.05) is 13.1 Å². The number of nitrogens with two attached hydrogens (primary N) is 1. The van der Waals surface area contributed by atoms with Crippen LogP contribution in [0.5, 0.6) is 11.5 Å². The number of unbranched alkanes of at least 4 members (excludes halogenated alkanes) is 2. The Labute approximate surface area is 180 Å². The lowest BCUT2D eigenvalue weighted by molar-refractivity contribution is 0.134. The van der Waals surface area contributed by atoms with Gasteiger partial charge in [-0.1, -0.05) is 51.6 Å². The van der Waals surface area contributed by atoms with Gasteiger partial charge in [-0.05, 0) is 60.9 Å². The van der Waals surface area contributed by atoms with Crippen LogP contribution in [0.15, 0.2) is 22.9 Å². The molecule has 0 saturated carbocycles. The van der Waals surface area contributed by atoms with Gasteiger partial charge in [-0.15, -0.1) is 0 Å². The first kappa shape index (κ1) is 22.3. The molecule has 0 radical (unpaired) electrons. The number of rotatable bonds is 6. The van der Waals surface area contributed by atoms with Gasteiger partial charge in [0.1, 0.15) is 17.1 Å². The van der Waals surface area contributed by atoms with Crippen molar-refractivity contribution in [3.05, 3.63) is 28.8 Å². The number of benzene rings is 1. The highest BCUT2D eigenvalue weighted by molar-refractivity contribution is 5.86. The van der Waals surface area contributed by atoms with E-state index < -0.39 is 5.60 Å². The van der Waals surface area contributed by atoms with E-state index in [1.807, 2.05) is 11.0 Å². The summed E-state index contributed by atoms with van der Waals surface area (Å²) >= 11 is 0. The van der Waals surface area contributed by atoms with Gasteiger partial charge in [-0.2, -0.15) is 0 Å². The Bertz CT molecular complexity index is 844. The van der Waals surface area contributed by atoms with Crippen LogP contribution >= 0.6 is 0 Å². The van der Waals surface area contributed by atoms with Crippen molar-refractivity contribution < 1.29 is 15.1 Å². The highest BCUT2D eigenvalue weighted by Gasteiger charge is 2.39. The van der Waals surface area contributed by atoms with E-state index in [4.69, 9.17) is 15.7 Å². The van der Waals surface area contributed by atoms with Crippen LogP contribution < -0.4 is 10.5 Å². The predicted octanol–water partition coefficient (Wildman–Crippen LogP) is 5.05. The van der Waals surface area contributed by atoms with Crippen molar-refractivity contribution in [1.82, 2.24) is 4.90 Å². The molecule has 2 aliphatic heterocycles. The zero-order valence-electron chi connectivity index (χ0n) is 19.0. The van der Waals surface area contributed by atoms with E-state index >= 15 is 0 Å². The molecule has 30 heavy (non-hydrogen) atoms. The van der Waals surface area contributed by atoms with E-state index in [9.17, 15) is 5.11 Å². The van der Waals surface area contributed by atoms with Gasteiger partial charge < -0.3 is 25.7 Å². The maximum atomic E-state index is 11.0. The number of phenolic OH excluding ortho intramolecular Hbond substituents is 1. The third-order valence-corrected chi connectivity index (χ3v) is 6.91. The third kappa shape index (κ3) is 4.23. The summed E-state index contributed by atoms with van der Waals surface area (Å²) in [7, 11) is 0. The molecule has 0 bridgehead atoms. The Morgan fingerprint density at radius 3 is 2.70 bits per heavy atom. The van der Waals surface area contributed by atoms with Crippen LogP contribution in [-0.2, 0) is 0 Å². The summed E-state index contributed by atoms with van der Waals surface area (Å²) in [4.78, 5) is 1.83. The Hall–Kier alpha value is -2.37. The summed E-state index contributed by atoms with van der Waals surface area (Å²) in [6.07, 6.45) is 5.65. The number of nitrogens with zero attached hydrogens (tertiary/aromatic N) is 2. The first-order valence-corrected chi connectivity index (χ1v) is 11.2. The Morgan fingerprint density at radius 1 is 1.30 bits per heavy atom. The van der Waals surface area contributed by atoms with Crippen LogP contribution in [0, 0.1) is 5.92 Å². The normalized spacial score (nSPS) is 20.3. The largest absolute Gasteiger partial charge is 0.507 e. The molecule has 4 N–H and O–H groups in total. The lowest BCUT2D eigenvalue weighted by Crippen LogP contribution is -2.46. The molecular formula is C24H37N3O3. The molecule has 0 aliphatic carbocycles. The number of hydrogen-bond donors (Lipinski definition) is 3. The summed E-state index contributed by atoms with van der Waals surface area (Å²) in [5.74, 6) is 1.94. The molecule has 0 amide bonds. The molecule has 0 aromatic heterocycles. The summed E-state index contributed by atoms with van der Waals surface area (Å²) in [6.45, 7) is 12.0. The van der Waals surface area contributed by atoms with Crippen molar-refractivity contribution in [2.45, 2.75) is 78.2 Å². The van der Waals surface area contributed by atoms with Gasteiger partial charge in [0.05, 0.1) is 5.56 Å². The number of phenols is 1. The van der Waals surface area contributed by atoms with Crippen LogP contribution in [-0.4, -0.2) is 39.9 Å². The van der Waals surface area contributed by atoms with Gasteiger partial charge in [0.15, 0.2) is 0 Å². The Balaban J connectivity index is 1.96. The lowest BCUT2D eigenvalue weighted by Gasteiger charge is -2.42. The minimum atomic E-state index is -0.458. The van der Waals surface area contributed by atoms with Crippen molar-refractivity contribution in [3.63, 3.8) is 0 Å². The first-order chi connectivity index (χ1) is 14.2. The zero-order valence-corrected chi connectivity index (χ0v) is 19.0. The van der Waals surface area contributed by atoms with Gasteiger partial charge in [-0.3, -0.25) is 0 Å². The van der Waals surface area contributed by atoms with E-state index in [-0.39, 0.29) is 11.7 Å². The number of ether oxygens (including phenoxy) is 1. The van der Waals surface area contributed by atoms with Crippen LogP contribution in [0.1, 0.15) is 83.8 Å². The number of oxime groups is 1. The minimum absolute atomic E-state index is 0.0954. The number of guanidine groups is 1. The molecule has 6 nitrogen and oxygen atoms in total. The van der Waals surface area contributed by atoms with Crippen molar-refractivity contribution in [1.29, 1.82) is 0 Å². The van der Waals surface area contributed by atoms with Crippen LogP contribution in [0.25, 0.3) is 5.57 Å². The summed E-state index contributed by atoms with van der Waals surface area (Å²) in [6, 6.07) is 4.00. The smallest absolute Gasteiger partial charge is 0.233 e. The first-order valence-electron chi connectivity index (χ1n) is 11.2. The topological polar surface area (TPSA) is 91.3 Å². The second-order valence-electron chi connectivity index (χ2n) is 9.37. The fourth-order valence-electron chi connectivity index (χ4n) is 4.82. The predicted molar refractivity (Wildman–Crippen MR) is 121 cm³/mol. The molecule has 1 aromatic rings. The maximum absolute atomic E-state index is 11.0. The van der Waals surface area contributed by atoms with Gasteiger partial charge >= 0.3 is 0 Å². The molecule has 0 saturated heterocycles.